The van der Waals surface area contributed by atoms with Crippen molar-refractivity contribution in [3.05, 3.63) is 35.0 Å². The third-order valence-electron chi connectivity index (χ3n) is 4.85. The van der Waals surface area contributed by atoms with Crippen LogP contribution in [0, 0.1) is 0 Å². The van der Waals surface area contributed by atoms with Crippen molar-refractivity contribution in [2.45, 2.75) is 84.8 Å². The van der Waals surface area contributed by atoms with E-state index < -0.39 is 29.0 Å². The summed E-state index contributed by atoms with van der Waals surface area (Å²) in [7, 11) is 0. The largest absolute Gasteiger partial charge is 0.444 e. The molecule has 0 bridgehead atoms. The molecule has 9 nitrogen and oxygen atoms in total. The number of halogens is 4. The molecule has 3 aromatic rings. The molecule has 0 aliphatic rings. The van der Waals surface area contributed by atoms with Crippen LogP contribution in [0.1, 0.15) is 61.0 Å². The number of benzene rings is 1. The molecule has 3 rings (SSSR count). The Morgan fingerprint density at radius 3 is 2.26 bits per heavy atom. The fraction of sp³-hybridized carbons (Fsp3) is 0.520. The number of anilines is 3. The molecular formula is C25H33ClF3N7O2. The topological polar surface area (TPSA) is 106 Å². The molecule has 13 heteroatoms. The van der Waals surface area contributed by atoms with Gasteiger partial charge >= 0.3 is 12.3 Å². The van der Waals surface area contributed by atoms with Crippen molar-refractivity contribution in [3.63, 3.8) is 0 Å². The number of nitrogens with zero attached hydrogens (tertiary/aromatic N) is 4. The number of alkyl halides is 3. The fourth-order valence-corrected chi connectivity index (χ4v) is 3.76. The third kappa shape index (κ3) is 8.11. The maximum Gasteiger partial charge on any atom is 0.416 e. The lowest BCUT2D eigenvalue weighted by Gasteiger charge is -2.29. The number of rotatable bonds is 6. The molecule has 3 N–H and O–H groups in total. The molecule has 0 unspecified atom stereocenters. The third-order valence-corrected chi connectivity index (χ3v) is 5.07. The van der Waals surface area contributed by atoms with E-state index in [4.69, 9.17) is 16.3 Å². The number of hydrogen-bond acceptors (Lipinski definition) is 7. The summed E-state index contributed by atoms with van der Waals surface area (Å²) in [5.74, 6) is 0.536. The Balaban J connectivity index is 2.06. The van der Waals surface area contributed by atoms with Crippen LogP contribution in [0.15, 0.2) is 24.4 Å². The second-order valence-corrected chi connectivity index (χ2v) is 12.1. The van der Waals surface area contributed by atoms with Crippen LogP contribution < -0.4 is 16.0 Å². The van der Waals surface area contributed by atoms with Crippen LogP contribution in [0.3, 0.4) is 0 Å². The molecule has 2 aromatic heterocycles. The summed E-state index contributed by atoms with van der Waals surface area (Å²) in [6.07, 6.45) is -3.68. The number of aromatic nitrogens is 4. The van der Waals surface area contributed by atoms with Crippen molar-refractivity contribution >= 4 is 46.4 Å². The number of carbonyl (C=O) groups excluding carboxylic acids is 1. The number of ether oxygens (including phenoxy) is 1. The Hall–Kier alpha value is -3.28. The van der Waals surface area contributed by atoms with E-state index in [1.807, 2.05) is 20.8 Å². The van der Waals surface area contributed by atoms with Gasteiger partial charge in [-0.05, 0) is 73.6 Å². The van der Waals surface area contributed by atoms with Gasteiger partial charge in [-0.15, -0.1) is 0 Å². The predicted molar refractivity (Wildman–Crippen MR) is 142 cm³/mol. The predicted octanol–water partition coefficient (Wildman–Crippen LogP) is 6.76. The van der Waals surface area contributed by atoms with Crippen molar-refractivity contribution in [2.75, 3.05) is 10.6 Å². The lowest BCUT2D eigenvalue weighted by atomic mass is 10.1. The summed E-state index contributed by atoms with van der Waals surface area (Å²) >= 11 is 5.98. The van der Waals surface area contributed by atoms with Crippen LogP contribution >= 0.6 is 11.6 Å². The number of hydrogen-bond donors (Lipinski definition) is 3. The van der Waals surface area contributed by atoms with Gasteiger partial charge in [0.25, 0.3) is 0 Å². The van der Waals surface area contributed by atoms with E-state index in [1.54, 1.807) is 39.2 Å². The van der Waals surface area contributed by atoms with E-state index in [0.717, 1.165) is 12.1 Å². The smallest absolute Gasteiger partial charge is 0.416 e. The van der Waals surface area contributed by atoms with Gasteiger partial charge in [-0.3, -0.25) is 4.57 Å². The summed E-state index contributed by atoms with van der Waals surface area (Å²) in [6.45, 7) is 14.8. The zero-order chi connectivity index (χ0) is 28.7. The molecule has 0 saturated heterocycles. The second-order valence-electron chi connectivity index (χ2n) is 11.7. The Morgan fingerprint density at radius 1 is 1.03 bits per heavy atom. The molecule has 38 heavy (non-hydrogen) atoms. The van der Waals surface area contributed by atoms with Gasteiger partial charge in [0.05, 0.1) is 23.8 Å². The quantitative estimate of drug-likeness (QED) is 0.309. The first-order valence-corrected chi connectivity index (χ1v) is 12.3. The Labute approximate surface area is 224 Å². The molecule has 0 radical (unpaired) electrons. The van der Waals surface area contributed by atoms with Crippen molar-refractivity contribution in [3.8, 4) is 0 Å². The van der Waals surface area contributed by atoms with Gasteiger partial charge in [0.15, 0.2) is 5.65 Å². The van der Waals surface area contributed by atoms with E-state index in [0.29, 0.717) is 17.1 Å². The summed E-state index contributed by atoms with van der Waals surface area (Å²) < 4.78 is 47.2. The highest BCUT2D eigenvalue weighted by Crippen LogP contribution is 2.34. The molecule has 0 aliphatic carbocycles. The minimum absolute atomic E-state index is 0.0836. The molecule has 1 amide bonds. The summed E-state index contributed by atoms with van der Waals surface area (Å²) in [5.41, 5.74) is -1.91. The zero-order valence-corrected chi connectivity index (χ0v) is 23.4. The number of alkyl carbamates (subject to hydrolysis) is 1. The Kier molecular flexibility index (Phi) is 7.80. The Morgan fingerprint density at radius 2 is 1.68 bits per heavy atom. The van der Waals surface area contributed by atoms with Gasteiger partial charge in [-0.25, -0.2) is 14.8 Å². The van der Waals surface area contributed by atoms with E-state index in [-0.39, 0.29) is 28.7 Å². The molecule has 0 spiro atoms. The van der Waals surface area contributed by atoms with E-state index >= 15 is 0 Å². The first kappa shape index (κ1) is 29.3. The van der Waals surface area contributed by atoms with Gasteiger partial charge in [-0.1, -0.05) is 11.6 Å². The number of carbonyl (C=O) groups is 1. The highest BCUT2D eigenvalue weighted by atomic mass is 35.5. The standard InChI is InChI=1S/C25H33ClF3N7O2/c1-22(2,3)34-19-30-12-17-18(33-19)36(13-24(7,8)35-21(37)38-23(4,5)6)20(32-17)31-16-10-14(25(27,28)29)9-15(26)11-16/h9-12H,13H2,1-8H3,(H,31,32)(H,35,37)(H,30,33,34). The van der Waals surface area contributed by atoms with Crippen molar-refractivity contribution in [2.24, 2.45) is 0 Å². The second kappa shape index (κ2) is 10.1. The number of imidazole rings is 1. The monoisotopic (exact) mass is 555 g/mol. The minimum Gasteiger partial charge on any atom is -0.444 e. The number of nitrogens with one attached hydrogen (secondary N) is 3. The molecular weight excluding hydrogens is 523 g/mol. The van der Waals surface area contributed by atoms with Crippen LogP contribution in [0.5, 0.6) is 0 Å². The molecule has 0 atom stereocenters. The van der Waals surface area contributed by atoms with Crippen LogP contribution in [-0.4, -0.2) is 42.3 Å². The van der Waals surface area contributed by atoms with E-state index in [2.05, 4.69) is 30.9 Å². The zero-order valence-electron chi connectivity index (χ0n) is 22.6. The van der Waals surface area contributed by atoms with Crippen LogP contribution in [-0.2, 0) is 17.5 Å². The minimum atomic E-state index is -4.58. The van der Waals surface area contributed by atoms with Gasteiger partial charge in [-0.2, -0.15) is 18.2 Å². The first-order valence-electron chi connectivity index (χ1n) is 11.9. The summed E-state index contributed by atoms with van der Waals surface area (Å²) in [4.78, 5) is 25.9. The summed E-state index contributed by atoms with van der Waals surface area (Å²) in [5, 5.41) is 8.87. The Bertz CT molecular complexity index is 1330. The molecule has 1 aromatic carbocycles. The van der Waals surface area contributed by atoms with Gasteiger partial charge in [0, 0.05) is 16.2 Å². The first-order chi connectivity index (χ1) is 17.2. The lowest BCUT2D eigenvalue weighted by Crippen LogP contribution is -2.48. The highest BCUT2D eigenvalue weighted by molar-refractivity contribution is 6.31. The van der Waals surface area contributed by atoms with Crippen molar-refractivity contribution in [1.82, 2.24) is 24.8 Å². The van der Waals surface area contributed by atoms with E-state index in [9.17, 15) is 18.0 Å². The fourth-order valence-electron chi connectivity index (χ4n) is 3.53. The number of fused-ring (bicyclic) bond motifs is 1. The van der Waals surface area contributed by atoms with Crippen molar-refractivity contribution in [1.29, 1.82) is 0 Å². The maximum atomic E-state index is 13.4. The number of amides is 1. The van der Waals surface area contributed by atoms with E-state index in [1.165, 1.54) is 12.3 Å². The normalized spacial score (nSPS) is 12.9. The highest BCUT2D eigenvalue weighted by Gasteiger charge is 2.32. The van der Waals surface area contributed by atoms with Crippen LogP contribution in [0.25, 0.3) is 11.2 Å². The van der Waals surface area contributed by atoms with Crippen molar-refractivity contribution < 1.29 is 22.7 Å². The molecule has 208 valence electrons. The molecule has 0 fully saturated rings. The molecule has 0 saturated carbocycles. The SMILES string of the molecule is CC(C)(C)Nc1ncc2nc(Nc3cc(Cl)cc(C(F)(F)F)c3)n(CC(C)(C)NC(=O)OC(C)(C)C)c2n1. The van der Waals surface area contributed by atoms with Crippen LogP contribution in [0.2, 0.25) is 5.02 Å². The van der Waals surface area contributed by atoms with Gasteiger partial charge < -0.3 is 20.7 Å². The van der Waals surface area contributed by atoms with Gasteiger partial charge in [0.1, 0.15) is 11.1 Å². The van der Waals surface area contributed by atoms with Gasteiger partial charge in [0.2, 0.25) is 11.9 Å². The average Bonchev–Trinajstić information content (AvgIpc) is 2.99. The molecule has 0 aliphatic heterocycles. The van der Waals surface area contributed by atoms with Crippen LogP contribution in [0.4, 0.5) is 35.5 Å². The maximum absolute atomic E-state index is 13.4. The summed E-state index contributed by atoms with van der Waals surface area (Å²) in [6, 6.07) is 3.15. The average molecular weight is 556 g/mol. The lowest BCUT2D eigenvalue weighted by molar-refractivity contribution is -0.137. The molecule has 2 heterocycles.